The molecule has 0 amide bonds. The summed E-state index contributed by atoms with van der Waals surface area (Å²) < 4.78 is 5.03. The van der Waals surface area contributed by atoms with Crippen LogP contribution in [0.1, 0.15) is 5.82 Å². The number of nitrogen functional groups attached to an aromatic ring is 1. The molecule has 1 aromatic heterocycles. The third-order valence-corrected chi connectivity index (χ3v) is 3.38. The summed E-state index contributed by atoms with van der Waals surface area (Å²) in [6.45, 7) is 0.337. The van der Waals surface area contributed by atoms with E-state index in [-0.39, 0.29) is 0 Å². The zero-order valence-electron chi connectivity index (χ0n) is 10.3. The van der Waals surface area contributed by atoms with Crippen LogP contribution in [0.15, 0.2) is 40.3 Å². The molecule has 2 rings (SSSR count). The summed E-state index contributed by atoms with van der Waals surface area (Å²) in [4.78, 5) is 9.61. The van der Waals surface area contributed by atoms with Crippen molar-refractivity contribution >= 4 is 29.2 Å². The number of nitrogens with zero attached hydrogens (tertiary/aromatic N) is 2. The van der Waals surface area contributed by atoms with Gasteiger partial charge < -0.3 is 10.2 Å². The quantitative estimate of drug-likeness (QED) is 0.502. The maximum Gasteiger partial charge on any atom is 0.157 e. The summed E-state index contributed by atoms with van der Waals surface area (Å²) in [6, 6.07) is 9.31. The highest BCUT2D eigenvalue weighted by molar-refractivity contribution is 7.99. The molecule has 0 saturated heterocycles. The number of hydrazine groups is 1. The minimum Gasteiger partial charge on any atom is -0.377 e. The van der Waals surface area contributed by atoms with Crippen molar-refractivity contribution in [3.8, 4) is 0 Å². The SMILES string of the molecule is COCc1nc(NN)cc(Sc2ccc(Cl)cc2)n1. The van der Waals surface area contributed by atoms with Crippen molar-refractivity contribution in [2.45, 2.75) is 16.5 Å². The molecule has 0 unspecified atom stereocenters. The van der Waals surface area contributed by atoms with Gasteiger partial charge >= 0.3 is 0 Å². The number of anilines is 1. The van der Waals surface area contributed by atoms with Gasteiger partial charge in [0.15, 0.2) is 5.82 Å². The van der Waals surface area contributed by atoms with Crippen molar-refractivity contribution in [2.24, 2.45) is 5.84 Å². The summed E-state index contributed by atoms with van der Waals surface area (Å²) >= 11 is 7.36. The lowest BCUT2D eigenvalue weighted by atomic mass is 10.4. The van der Waals surface area contributed by atoms with E-state index in [1.165, 1.54) is 11.8 Å². The van der Waals surface area contributed by atoms with Gasteiger partial charge in [-0.1, -0.05) is 23.4 Å². The molecule has 0 atom stereocenters. The van der Waals surface area contributed by atoms with Gasteiger partial charge in [0.2, 0.25) is 0 Å². The first kappa shape index (κ1) is 14.1. The molecule has 0 fully saturated rings. The summed E-state index contributed by atoms with van der Waals surface area (Å²) in [5.74, 6) is 6.52. The summed E-state index contributed by atoms with van der Waals surface area (Å²) in [5, 5.41) is 1.49. The second kappa shape index (κ2) is 6.72. The maximum absolute atomic E-state index is 5.85. The molecule has 7 heteroatoms. The van der Waals surface area contributed by atoms with Crippen molar-refractivity contribution in [3.63, 3.8) is 0 Å². The number of hydrogen-bond donors (Lipinski definition) is 2. The smallest absolute Gasteiger partial charge is 0.157 e. The molecule has 0 saturated carbocycles. The normalized spacial score (nSPS) is 10.5. The van der Waals surface area contributed by atoms with Crippen LogP contribution in [0.4, 0.5) is 5.82 Å². The molecule has 0 aliphatic heterocycles. The fourth-order valence-electron chi connectivity index (χ4n) is 1.42. The van der Waals surface area contributed by atoms with Gasteiger partial charge in [0.25, 0.3) is 0 Å². The number of aromatic nitrogens is 2. The van der Waals surface area contributed by atoms with Crippen molar-refractivity contribution < 1.29 is 4.74 Å². The minimum atomic E-state index is 0.337. The van der Waals surface area contributed by atoms with Gasteiger partial charge in [-0.05, 0) is 24.3 Å². The van der Waals surface area contributed by atoms with Crippen LogP contribution in [0.3, 0.4) is 0 Å². The second-order valence-corrected chi connectivity index (χ2v) is 5.17. The zero-order chi connectivity index (χ0) is 13.7. The van der Waals surface area contributed by atoms with Crippen LogP contribution >= 0.6 is 23.4 Å². The van der Waals surface area contributed by atoms with Crippen molar-refractivity contribution in [3.05, 3.63) is 41.2 Å². The topological polar surface area (TPSA) is 73.1 Å². The Hall–Kier alpha value is -1.34. The maximum atomic E-state index is 5.85. The Balaban J connectivity index is 2.23. The third kappa shape index (κ3) is 4.07. The van der Waals surface area contributed by atoms with E-state index in [4.69, 9.17) is 22.2 Å². The van der Waals surface area contributed by atoms with Crippen molar-refractivity contribution in [2.75, 3.05) is 12.5 Å². The fraction of sp³-hybridized carbons (Fsp3) is 0.167. The summed E-state index contributed by atoms with van der Waals surface area (Å²) in [6.07, 6.45) is 0. The molecule has 3 N–H and O–H groups in total. The van der Waals surface area contributed by atoms with Gasteiger partial charge in [0.05, 0.1) is 0 Å². The predicted molar refractivity (Wildman–Crippen MR) is 76.1 cm³/mol. The van der Waals surface area contributed by atoms with E-state index in [1.807, 2.05) is 24.3 Å². The Labute approximate surface area is 120 Å². The number of halogens is 1. The molecule has 2 aromatic rings. The Morgan fingerprint density at radius 2 is 2.05 bits per heavy atom. The van der Waals surface area contributed by atoms with E-state index in [0.29, 0.717) is 23.3 Å². The van der Waals surface area contributed by atoms with Crippen molar-refractivity contribution in [1.82, 2.24) is 9.97 Å². The number of nitrogens with one attached hydrogen (secondary N) is 1. The van der Waals surface area contributed by atoms with Crippen LogP contribution in [-0.4, -0.2) is 17.1 Å². The van der Waals surface area contributed by atoms with E-state index in [2.05, 4.69) is 15.4 Å². The molecule has 0 aliphatic rings. The molecule has 19 heavy (non-hydrogen) atoms. The molecule has 1 heterocycles. The van der Waals surface area contributed by atoms with Gasteiger partial charge in [-0.2, -0.15) is 0 Å². The van der Waals surface area contributed by atoms with Crippen LogP contribution in [0.5, 0.6) is 0 Å². The first-order valence-electron chi connectivity index (χ1n) is 5.48. The number of benzene rings is 1. The van der Waals surface area contributed by atoms with Gasteiger partial charge in [0.1, 0.15) is 17.5 Å². The molecule has 100 valence electrons. The lowest BCUT2D eigenvalue weighted by Crippen LogP contribution is -2.11. The molecule has 0 aliphatic carbocycles. The van der Waals surface area contributed by atoms with E-state index < -0.39 is 0 Å². The van der Waals surface area contributed by atoms with E-state index in [9.17, 15) is 0 Å². The monoisotopic (exact) mass is 296 g/mol. The molecule has 1 aromatic carbocycles. The largest absolute Gasteiger partial charge is 0.377 e. The number of methoxy groups -OCH3 is 1. The summed E-state index contributed by atoms with van der Waals surface area (Å²) in [7, 11) is 1.60. The van der Waals surface area contributed by atoms with Crippen LogP contribution in [-0.2, 0) is 11.3 Å². The highest BCUT2D eigenvalue weighted by atomic mass is 35.5. The lowest BCUT2D eigenvalue weighted by molar-refractivity contribution is 0.177. The van der Waals surface area contributed by atoms with Gasteiger partial charge in [-0.25, -0.2) is 15.8 Å². The standard InChI is InChI=1S/C12H13ClN4OS/c1-18-7-11-15-10(17-14)6-12(16-11)19-9-4-2-8(13)3-5-9/h2-6H,7,14H2,1H3,(H,15,16,17). The van der Waals surface area contributed by atoms with Crippen LogP contribution in [0, 0.1) is 0 Å². The minimum absolute atomic E-state index is 0.337. The van der Waals surface area contributed by atoms with Crippen LogP contribution in [0.25, 0.3) is 0 Å². The lowest BCUT2D eigenvalue weighted by Gasteiger charge is -2.07. The Morgan fingerprint density at radius 1 is 1.32 bits per heavy atom. The van der Waals surface area contributed by atoms with Crippen LogP contribution < -0.4 is 11.3 Å². The molecule has 0 bridgehead atoms. The number of rotatable bonds is 5. The van der Waals surface area contributed by atoms with Gasteiger partial charge in [-0.15, -0.1) is 0 Å². The number of hydrogen-bond acceptors (Lipinski definition) is 6. The number of nitrogens with two attached hydrogens (primary N) is 1. The first-order chi connectivity index (χ1) is 9.21. The Morgan fingerprint density at radius 3 is 2.68 bits per heavy atom. The molecular formula is C12H13ClN4OS. The Bertz CT molecular complexity index is 550. The third-order valence-electron chi connectivity index (χ3n) is 2.21. The highest BCUT2D eigenvalue weighted by Crippen LogP contribution is 2.28. The average Bonchev–Trinajstić information content (AvgIpc) is 2.41. The van der Waals surface area contributed by atoms with E-state index in [0.717, 1.165) is 9.92 Å². The van der Waals surface area contributed by atoms with Crippen molar-refractivity contribution in [1.29, 1.82) is 0 Å². The van der Waals surface area contributed by atoms with E-state index >= 15 is 0 Å². The molecular weight excluding hydrogens is 284 g/mol. The second-order valence-electron chi connectivity index (χ2n) is 3.64. The fourth-order valence-corrected chi connectivity index (χ4v) is 2.38. The van der Waals surface area contributed by atoms with Gasteiger partial charge in [-0.3, -0.25) is 0 Å². The molecule has 5 nitrogen and oxygen atoms in total. The van der Waals surface area contributed by atoms with Crippen LogP contribution in [0.2, 0.25) is 5.02 Å². The first-order valence-corrected chi connectivity index (χ1v) is 6.67. The average molecular weight is 297 g/mol. The number of ether oxygens (including phenoxy) is 1. The molecule has 0 radical (unpaired) electrons. The predicted octanol–water partition coefficient (Wildman–Crippen LogP) is 2.71. The zero-order valence-corrected chi connectivity index (χ0v) is 11.8. The van der Waals surface area contributed by atoms with Gasteiger partial charge in [0, 0.05) is 23.1 Å². The highest BCUT2D eigenvalue weighted by Gasteiger charge is 2.06. The molecule has 0 spiro atoms. The Kier molecular flexibility index (Phi) is 4.98. The summed E-state index contributed by atoms with van der Waals surface area (Å²) in [5.41, 5.74) is 2.52. The van der Waals surface area contributed by atoms with E-state index in [1.54, 1.807) is 13.2 Å².